The number of likely N-dealkylation sites (N-methyl/N-ethyl adjacent to an activating group) is 2. The number of methoxy groups -OCH3 is 1. The third kappa shape index (κ3) is 6.63. The number of ether oxygens (including phenoxy) is 2. The summed E-state index contributed by atoms with van der Waals surface area (Å²) in [4.78, 5) is 19.2. The van der Waals surface area contributed by atoms with E-state index in [-0.39, 0.29) is 36.6 Å². The quantitative estimate of drug-likeness (QED) is 0.461. The first-order valence-electron chi connectivity index (χ1n) is 11.8. The number of aliphatic imine (C=N–C) groups is 1. The van der Waals surface area contributed by atoms with Gasteiger partial charge in [-0.15, -0.1) is 0 Å². The maximum atomic E-state index is 13.0. The van der Waals surface area contributed by atoms with Crippen LogP contribution in [0.2, 0.25) is 0 Å². The van der Waals surface area contributed by atoms with Crippen LogP contribution in [0.3, 0.4) is 0 Å². The third-order valence-electron chi connectivity index (χ3n) is 6.32. The molecule has 0 aromatic heterocycles. The summed E-state index contributed by atoms with van der Waals surface area (Å²) >= 11 is 0. The van der Waals surface area contributed by atoms with Crippen molar-refractivity contribution in [2.24, 2.45) is 4.99 Å². The van der Waals surface area contributed by atoms with Gasteiger partial charge in [-0.2, -0.15) is 4.31 Å². The van der Waals surface area contributed by atoms with Gasteiger partial charge in [0.2, 0.25) is 15.9 Å². The predicted octanol–water partition coefficient (Wildman–Crippen LogP) is 2.67. The topological polar surface area (TPSA) is 101 Å². The minimum absolute atomic E-state index is 0.0991. The molecule has 2 aromatic rings. The van der Waals surface area contributed by atoms with Gasteiger partial charge < -0.3 is 19.7 Å². The number of benzene rings is 2. The molecule has 1 atom stereocenters. The lowest BCUT2D eigenvalue weighted by atomic mass is 10.1. The van der Waals surface area contributed by atoms with E-state index in [1.165, 1.54) is 11.4 Å². The standard InChI is InChI=1S/C26H36N4O5S/c1-18-13-23(34-6)14-19(2)26(18)36(32,33)30(5)11-12-35-17-25(31)27-15-21-7-9-22(10-8-21)24-16-29(4)20(3)28-24/h7-10,13-14,24H,11-12,15-17H2,1-6H3,(H,27,31). The van der Waals surface area contributed by atoms with Crippen molar-refractivity contribution in [3.05, 3.63) is 58.7 Å². The first kappa shape index (κ1) is 27.6. The number of amides is 1. The van der Waals surface area contributed by atoms with E-state index in [0.717, 1.165) is 23.5 Å². The molecule has 1 heterocycles. The van der Waals surface area contributed by atoms with Gasteiger partial charge in [-0.3, -0.25) is 9.79 Å². The Bertz CT molecular complexity index is 1190. The number of nitrogens with one attached hydrogen (secondary N) is 1. The van der Waals surface area contributed by atoms with E-state index in [2.05, 4.69) is 15.2 Å². The molecule has 2 aromatic carbocycles. The average molecular weight is 517 g/mol. The molecule has 0 radical (unpaired) electrons. The van der Waals surface area contributed by atoms with Gasteiger partial charge >= 0.3 is 0 Å². The number of nitrogens with zero attached hydrogens (tertiary/aromatic N) is 3. The van der Waals surface area contributed by atoms with E-state index in [1.54, 1.807) is 33.1 Å². The Morgan fingerprint density at radius 1 is 1.17 bits per heavy atom. The number of hydrogen-bond acceptors (Lipinski definition) is 7. The monoisotopic (exact) mass is 516 g/mol. The molecule has 0 aliphatic carbocycles. The SMILES string of the molecule is COc1cc(C)c(S(=O)(=O)N(C)CCOCC(=O)NCc2ccc(C3CN(C)C(C)=N3)cc2)c(C)c1. The van der Waals surface area contributed by atoms with Crippen LogP contribution in [-0.4, -0.2) is 76.9 Å². The van der Waals surface area contributed by atoms with Crippen LogP contribution in [0.5, 0.6) is 5.75 Å². The van der Waals surface area contributed by atoms with Crippen LogP contribution in [0.4, 0.5) is 0 Å². The van der Waals surface area contributed by atoms with Crippen LogP contribution in [0.1, 0.15) is 35.2 Å². The van der Waals surface area contributed by atoms with Crippen molar-refractivity contribution < 1.29 is 22.7 Å². The first-order chi connectivity index (χ1) is 17.0. The van der Waals surface area contributed by atoms with Gasteiger partial charge in [0.25, 0.3) is 0 Å². The second kappa shape index (κ2) is 11.9. The average Bonchev–Trinajstić information content (AvgIpc) is 3.17. The summed E-state index contributed by atoms with van der Waals surface area (Å²) in [5.41, 5.74) is 3.36. The van der Waals surface area contributed by atoms with Crippen molar-refractivity contribution in [1.82, 2.24) is 14.5 Å². The third-order valence-corrected chi connectivity index (χ3v) is 8.48. The van der Waals surface area contributed by atoms with Crippen LogP contribution >= 0.6 is 0 Å². The maximum Gasteiger partial charge on any atom is 0.246 e. The van der Waals surface area contributed by atoms with Crippen molar-refractivity contribution in [2.45, 2.75) is 38.3 Å². The molecule has 3 rings (SSSR count). The minimum Gasteiger partial charge on any atom is -0.497 e. The number of hydrogen-bond donors (Lipinski definition) is 1. The highest BCUT2D eigenvalue weighted by Crippen LogP contribution is 2.28. The number of aryl methyl sites for hydroxylation is 2. The lowest BCUT2D eigenvalue weighted by Gasteiger charge is -2.20. The van der Waals surface area contributed by atoms with E-state index >= 15 is 0 Å². The molecule has 1 aliphatic heterocycles. The molecule has 0 fully saturated rings. The Balaban J connectivity index is 1.42. The normalized spacial score (nSPS) is 15.8. The van der Waals surface area contributed by atoms with Crippen LogP contribution in [0.15, 0.2) is 46.3 Å². The van der Waals surface area contributed by atoms with Crippen LogP contribution in [0, 0.1) is 13.8 Å². The smallest absolute Gasteiger partial charge is 0.246 e. The number of rotatable bonds is 11. The van der Waals surface area contributed by atoms with E-state index < -0.39 is 10.0 Å². The molecule has 1 amide bonds. The van der Waals surface area contributed by atoms with Crippen molar-refractivity contribution >= 4 is 21.8 Å². The van der Waals surface area contributed by atoms with Gasteiger partial charge in [-0.05, 0) is 55.2 Å². The number of carbonyl (C=O) groups excluding carboxylic acids is 1. The first-order valence-corrected chi connectivity index (χ1v) is 13.3. The summed E-state index contributed by atoms with van der Waals surface area (Å²) in [7, 11) is 1.38. The zero-order chi connectivity index (χ0) is 26.5. The molecule has 196 valence electrons. The van der Waals surface area contributed by atoms with Crippen molar-refractivity contribution in [2.75, 3.05) is 47.5 Å². The summed E-state index contributed by atoms with van der Waals surface area (Å²) in [5, 5.41) is 2.83. The fraction of sp³-hybridized carbons (Fsp3) is 0.462. The second-order valence-corrected chi connectivity index (χ2v) is 11.0. The minimum atomic E-state index is -3.70. The highest BCUT2D eigenvalue weighted by Gasteiger charge is 2.25. The molecule has 0 saturated carbocycles. The zero-order valence-corrected chi connectivity index (χ0v) is 22.7. The highest BCUT2D eigenvalue weighted by molar-refractivity contribution is 7.89. The summed E-state index contributed by atoms with van der Waals surface area (Å²) < 4.78 is 38.0. The molecule has 36 heavy (non-hydrogen) atoms. The lowest BCUT2D eigenvalue weighted by Crippen LogP contribution is -2.33. The molecule has 0 bridgehead atoms. The van der Waals surface area contributed by atoms with Crippen LogP contribution in [-0.2, 0) is 26.1 Å². The predicted molar refractivity (Wildman–Crippen MR) is 140 cm³/mol. The lowest BCUT2D eigenvalue weighted by molar-refractivity contribution is -0.125. The molecule has 1 N–H and O–H groups in total. The summed E-state index contributed by atoms with van der Waals surface area (Å²) in [6, 6.07) is 11.6. The Kier molecular flexibility index (Phi) is 9.10. The summed E-state index contributed by atoms with van der Waals surface area (Å²) in [5.74, 6) is 1.39. The Morgan fingerprint density at radius 3 is 2.36 bits per heavy atom. The summed E-state index contributed by atoms with van der Waals surface area (Å²) in [6.45, 7) is 6.83. The highest BCUT2D eigenvalue weighted by atomic mass is 32.2. The molecule has 0 spiro atoms. The van der Waals surface area contributed by atoms with Crippen molar-refractivity contribution in [3.63, 3.8) is 0 Å². The van der Waals surface area contributed by atoms with E-state index in [0.29, 0.717) is 23.4 Å². The molecule has 10 heteroatoms. The fourth-order valence-corrected chi connectivity index (χ4v) is 5.67. The number of sulfonamides is 1. The van der Waals surface area contributed by atoms with E-state index in [9.17, 15) is 13.2 Å². The Labute approximate surface area is 214 Å². The van der Waals surface area contributed by atoms with Crippen LogP contribution < -0.4 is 10.1 Å². The van der Waals surface area contributed by atoms with Gasteiger partial charge in [0.1, 0.15) is 12.4 Å². The van der Waals surface area contributed by atoms with Gasteiger partial charge in [-0.1, -0.05) is 24.3 Å². The molecule has 1 aliphatic rings. The van der Waals surface area contributed by atoms with Crippen molar-refractivity contribution in [1.29, 1.82) is 0 Å². The Morgan fingerprint density at radius 2 is 1.81 bits per heavy atom. The number of carbonyl (C=O) groups is 1. The van der Waals surface area contributed by atoms with Gasteiger partial charge in [0, 0.05) is 33.7 Å². The van der Waals surface area contributed by atoms with E-state index in [4.69, 9.17) is 9.47 Å². The summed E-state index contributed by atoms with van der Waals surface area (Å²) in [6.07, 6.45) is 0. The van der Waals surface area contributed by atoms with Gasteiger partial charge in [-0.25, -0.2) is 8.42 Å². The van der Waals surface area contributed by atoms with Crippen molar-refractivity contribution in [3.8, 4) is 5.75 Å². The Hall–Kier alpha value is -2.95. The fourth-order valence-electron chi connectivity index (χ4n) is 4.11. The maximum absolute atomic E-state index is 13.0. The molecule has 1 unspecified atom stereocenters. The number of amidine groups is 1. The molecule has 9 nitrogen and oxygen atoms in total. The van der Waals surface area contributed by atoms with E-state index in [1.807, 2.05) is 38.2 Å². The zero-order valence-electron chi connectivity index (χ0n) is 21.9. The van der Waals surface area contributed by atoms with Crippen LogP contribution in [0.25, 0.3) is 0 Å². The molecular formula is C26H36N4O5S. The van der Waals surface area contributed by atoms with Gasteiger partial charge in [0.05, 0.1) is 30.5 Å². The molecular weight excluding hydrogens is 480 g/mol. The molecule has 0 saturated heterocycles. The second-order valence-electron chi connectivity index (χ2n) is 9.06. The van der Waals surface area contributed by atoms with Gasteiger partial charge in [0.15, 0.2) is 0 Å². The largest absolute Gasteiger partial charge is 0.497 e.